The minimum absolute atomic E-state index is 0.211. The quantitative estimate of drug-likeness (QED) is 0.748. The van der Waals surface area contributed by atoms with Crippen molar-refractivity contribution in [3.8, 4) is 0 Å². The van der Waals surface area contributed by atoms with Gasteiger partial charge in [-0.1, -0.05) is 0 Å². The SMILES string of the molecule is O=C(O)C1(c2cnccc2F)CC1. The van der Waals surface area contributed by atoms with Crippen molar-refractivity contribution in [2.75, 3.05) is 0 Å². The lowest BCUT2D eigenvalue weighted by Crippen LogP contribution is -2.21. The molecule has 0 aliphatic heterocycles. The normalized spacial score (nSPS) is 18.2. The molecule has 4 heteroatoms. The van der Waals surface area contributed by atoms with Gasteiger partial charge in [0.25, 0.3) is 0 Å². The first kappa shape index (κ1) is 8.16. The van der Waals surface area contributed by atoms with Crippen LogP contribution >= 0.6 is 0 Å². The molecule has 1 heterocycles. The molecule has 13 heavy (non-hydrogen) atoms. The van der Waals surface area contributed by atoms with Gasteiger partial charge in [0.05, 0.1) is 5.41 Å². The van der Waals surface area contributed by atoms with E-state index in [2.05, 4.69) is 4.98 Å². The number of rotatable bonds is 2. The van der Waals surface area contributed by atoms with Gasteiger partial charge in [-0.3, -0.25) is 9.78 Å². The lowest BCUT2D eigenvalue weighted by Gasteiger charge is -2.09. The van der Waals surface area contributed by atoms with Gasteiger partial charge in [-0.2, -0.15) is 0 Å². The van der Waals surface area contributed by atoms with Crippen molar-refractivity contribution in [2.45, 2.75) is 18.3 Å². The predicted octanol–water partition coefficient (Wildman–Crippen LogP) is 1.34. The molecule has 1 aromatic rings. The van der Waals surface area contributed by atoms with Gasteiger partial charge in [0.1, 0.15) is 5.82 Å². The van der Waals surface area contributed by atoms with Crippen LogP contribution in [0.15, 0.2) is 18.5 Å². The van der Waals surface area contributed by atoms with Crippen molar-refractivity contribution in [3.05, 3.63) is 29.8 Å². The molecule has 1 aromatic heterocycles. The molecule has 1 saturated carbocycles. The zero-order valence-electron chi connectivity index (χ0n) is 6.83. The lowest BCUT2D eigenvalue weighted by atomic mass is 9.98. The Bertz CT molecular complexity index is 360. The van der Waals surface area contributed by atoms with E-state index in [0.717, 1.165) is 0 Å². The van der Waals surface area contributed by atoms with Crippen LogP contribution in [-0.2, 0) is 10.2 Å². The van der Waals surface area contributed by atoms with Crippen molar-refractivity contribution in [3.63, 3.8) is 0 Å². The highest BCUT2D eigenvalue weighted by atomic mass is 19.1. The maximum atomic E-state index is 13.2. The first-order valence-corrected chi connectivity index (χ1v) is 4.00. The number of carbonyl (C=O) groups is 1. The molecular formula is C9H8FNO2. The average molecular weight is 181 g/mol. The molecule has 1 aliphatic carbocycles. The molecule has 68 valence electrons. The summed E-state index contributed by atoms with van der Waals surface area (Å²) < 4.78 is 13.2. The van der Waals surface area contributed by atoms with Crippen molar-refractivity contribution >= 4 is 5.97 Å². The van der Waals surface area contributed by atoms with Gasteiger partial charge < -0.3 is 5.11 Å². The molecule has 1 N–H and O–H groups in total. The van der Waals surface area contributed by atoms with Crippen molar-refractivity contribution < 1.29 is 14.3 Å². The van der Waals surface area contributed by atoms with Crippen LogP contribution in [0.2, 0.25) is 0 Å². The number of hydrogen-bond acceptors (Lipinski definition) is 2. The van der Waals surface area contributed by atoms with Crippen LogP contribution in [0.4, 0.5) is 4.39 Å². The predicted molar refractivity (Wildman–Crippen MR) is 42.7 cm³/mol. The molecule has 0 aromatic carbocycles. The van der Waals surface area contributed by atoms with E-state index in [1.807, 2.05) is 0 Å². The molecule has 0 radical (unpaired) electrons. The van der Waals surface area contributed by atoms with Gasteiger partial charge in [-0.05, 0) is 18.9 Å². The molecular weight excluding hydrogens is 173 g/mol. The van der Waals surface area contributed by atoms with E-state index in [0.29, 0.717) is 12.8 Å². The van der Waals surface area contributed by atoms with Crippen molar-refractivity contribution in [1.29, 1.82) is 0 Å². The van der Waals surface area contributed by atoms with Crippen LogP contribution in [0.1, 0.15) is 18.4 Å². The molecule has 3 nitrogen and oxygen atoms in total. The van der Waals surface area contributed by atoms with Gasteiger partial charge >= 0.3 is 5.97 Å². The first-order chi connectivity index (χ1) is 6.17. The number of nitrogens with zero attached hydrogens (tertiary/aromatic N) is 1. The van der Waals surface area contributed by atoms with Crippen LogP contribution in [0.25, 0.3) is 0 Å². The Labute approximate surface area is 74.2 Å². The molecule has 0 saturated heterocycles. The Balaban J connectivity index is 2.47. The fourth-order valence-electron chi connectivity index (χ4n) is 1.45. The third-order valence-electron chi connectivity index (χ3n) is 2.44. The summed E-state index contributed by atoms with van der Waals surface area (Å²) in [5.41, 5.74) is -0.777. The molecule has 0 spiro atoms. The Hall–Kier alpha value is -1.45. The summed E-state index contributed by atoms with van der Waals surface area (Å²) in [6.07, 6.45) is 3.63. The number of hydrogen-bond donors (Lipinski definition) is 1. The second-order valence-electron chi connectivity index (χ2n) is 3.24. The maximum absolute atomic E-state index is 13.2. The highest BCUT2D eigenvalue weighted by molar-refractivity contribution is 5.84. The monoisotopic (exact) mass is 181 g/mol. The number of aliphatic carboxylic acids is 1. The van der Waals surface area contributed by atoms with Crippen LogP contribution in [0.5, 0.6) is 0 Å². The fourth-order valence-corrected chi connectivity index (χ4v) is 1.45. The number of carboxylic acid groups (broad SMARTS) is 1. The zero-order valence-corrected chi connectivity index (χ0v) is 6.83. The van der Waals surface area contributed by atoms with Gasteiger partial charge in [-0.25, -0.2) is 4.39 Å². The number of aromatic nitrogens is 1. The topological polar surface area (TPSA) is 50.2 Å². The third-order valence-corrected chi connectivity index (χ3v) is 2.44. The molecule has 0 bridgehead atoms. The van der Waals surface area contributed by atoms with Crippen molar-refractivity contribution in [1.82, 2.24) is 4.98 Å². The summed E-state index contributed by atoms with van der Waals surface area (Å²) in [4.78, 5) is 14.6. The maximum Gasteiger partial charge on any atom is 0.314 e. The van der Waals surface area contributed by atoms with Crippen molar-refractivity contribution in [2.24, 2.45) is 0 Å². The third kappa shape index (κ3) is 1.09. The van der Waals surface area contributed by atoms with Gasteiger partial charge in [-0.15, -0.1) is 0 Å². The molecule has 1 aliphatic rings. The fraction of sp³-hybridized carbons (Fsp3) is 0.333. The Morgan fingerprint density at radius 1 is 1.62 bits per heavy atom. The van der Waals surface area contributed by atoms with Crippen LogP contribution in [0.3, 0.4) is 0 Å². The zero-order chi connectivity index (χ0) is 9.47. The van der Waals surface area contributed by atoms with E-state index in [-0.39, 0.29) is 5.56 Å². The Kier molecular flexibility index (Phi) is 1.58. The average Bonchev–Trinajstić information content (AvgIpc) is 2.85. The summed E-state index contributed by atoms with van der Waals surface area (Å²) in [6.45, 7) is 0. The minimum Gasteiger partial charge on any atom is -0.481 e. The van der Waals surface area contributed by atoms with Crippen LogP contribution in [0, 0.1) is 5.82 Å². The molecule has 0 atom stereocenters. The number of pyridine rings is 1. The first-order valence-electron chi connectivity index (χ1n) is 4.00. The summed E-state index contributed by atoms with van der Waals surface area (Å²) in [5.74, 6) is -1.44. The molecule has 2 rings (SSSR count). The van der Waals surface area contributed by atoms with E-state index in [1.165, 1.54) is 18.5 Å². The number of halogens is 1. The Morgan fingerprint density at radius 2 is 2.31 bits per heavy atom. The molecule has 0 amide bonds. The molecule has 1 fully saturated rings. The molecule has 0 unspecified atom stereocenters. The van der Waals surface area contributed by atoms with Gasteiger partial charge in [0.2, 0.25) is 0 Å². The van der Waals surface area contributed by atoms with Gasteiger partial charge in [0, 0.05) is 18.0 Å². The van der Waals surface area contributed by atoms with E-state index in [4.69, 9.17) is 5.11 Å². The summed E-state index contributed by atoms with van der Waals surface area (Å²) in [7, 11) is 0. The van der Waals surface area contributed by atoms with E-state index >= 15 is 0 Å². The minimum atomic E-state index is -0.988. The van der Waals surface area contributed by atoms with Gasteiger partial charge in [0.15, 0.2) is 0 Å². The Morgan fingerprint density at radius 3 is 2.77 bits per heavy atom. The van der Waals surface area contributed by atoms with Crippen LogP contribution < -0.4 is 0 Å². The lowest BCUT2D eigenvalue weighted by molar-refractivity contribution is -0.140. The van der Waals surface area contributed by atoms with E-state index < -0.39 is 17.2 Å². The smallest absolute Gasteiger partial charge is 0.314 e. The van der Waals surface area contributed by atoms with Crippen LogP contribution in [-0.4, -0.2) is 16.1 Å². The largest absolute Gasteiger partial charge is 0.481 e. The standard InChI is InChI=1S/C9H8FNO2/c10-7-1-4-11-5-6(7)9(2-3-9)8(12)13/h1,4-5H,2-3H2,(H,12,13). The summed E-state index contributed by atoms with van der Waals surface area (Å²) in [6, 6.07) is 1.19. The number of carboxylic acids is 1. The summed E-state index contributed by atoms with van der Waals surface area (Å²) >= 11 is 0. The van der Waals surface area contributed by atoms with E-state index in [1.54, 1.807) is 0 Å². The highest BCUT2D eigenvalue weighted by Crippen LogP contribution is 2.48. The second kappa shape index (κ2) is 2.52. The van der Waals surface area contributed by atoms with E-state index in [9.17, 15) is 9.18 Å². The summed E-state index contributed by atoms with van der Waals surface area (Å²) in [5, 5.41) is 8.89. The highest BCUT2D eigenvalue weighted by Gasteiger charge is 2.53. The second-order valence-corrected chi connectivity index (χ2v) is 3.24.